The van der Waals surface area contributed by atoms with Crippen LogP contribution in [0.4, 0.5) is 0 Å². The standard InChI is InChI=1S/C21H24N4O/c1-2-4-19-18(3-1)22-21(23-19)15-25-10-8-24(9-11-25)14-16-5-6-20-17(13-16)7-12-26-20/h1-6,13H,7-12,14-15H2,(H,22,23). The number of benzene rings is 2. The second-order valence-corrected chi connectivity index (χ2v) is 7.29. The Kier molecular flexibility index (Phi) is 4.11. The van der Waals surface area contributed by atoms with Gasteiger partial charge < -0.3 is 9.72 Å². The summed E-state index contributed by atoms with van der Waals surface area (Å²) in [6.45, 7) is 7.15. The van der Waals surface area contributed by atoms with E-state index in [1.807, 2.05) is 12.1 Å². The fourth-order valence-electron chi connectivity index (χ4n) is 3.99. The molecule has 1 N–H and O–H groups in total. The average Bonchev–Trinajstić information content (AvgIpc) is 3.29. The summed E-state index contributed by atoms with van der Waals surface area (Å²) in [5, 5.41) is 0. The van der Waals surface area contributed by atoms with Gasteiger partial charge in [-0.05, 0) is 29.3 Å². The lowest BCUT2D eigenvalue weighted by Gasteiger charge is -2.34. The molecule has 1 fully saturated rings. The third-order valence-electron chi connectivity index (χ3n) is 5.44. The van der Waals surface area contributed by atoms with E-state index < -0.39 is 0 Å². The number of ether oxygens (including phenoxy) is 1. The van der Waals surface area contributed by atoms with Gasteiger partial charge in [0.15, 0.2) is 0 Å². The lowest BCUT2D eigenvalue weighted by Crippen LogP contribution is -2.45. The number of piperazine rings is 1. The van der Waals surface area contributed by atoms with Gasteiger partial charge in [0.1, 0.15) is 11.6 Å². The van der Waals surface area contributed by atoms with Gasteiger partial charge in [-0.15, -0.1) is 0 Å². The van der Waals surface area contributed by atoms with Crippen molar-refractivity contribution < 1.29 is 4.74 Å². The minimum Gasteiger partial charge on any atom is -0.493 e. The summed E-state index contributed by atoms with van der Waals surface area (Å²) in [5.74, 6) is 2.14. The molecule has 3 aromatic rings. The zero-order valence-electron chi connectivity index (χ0n) is 14.9. The molecule has 1 aromatic heterocycles. The highest BCUT2D eigenvalue weighted by molar-refractivity contribution is 5.74. The summed E-state index contributed by atoms with van der Waals surface area (Å²) in [6, 6.07) is 14.9. The van der Waals surface area contributed by atoms with Gasteiger partial charge in [0.25, 0.3) is 0 Å². The van der Waals surface area contributed by atoms with Crippen LogP contribution in [0.25, 0.3) is 11.0 Å². The third kappa shape index (κ3) is 3.20. The first-order valence-corrected chi connectivity index (χ1v) is 9.46. The van der Waals surface area contributed by atoms with E-state index in [2.05, 4.69) is 45.1 Å². The van der Waals surface area contributed by atoms with Gasteiger partial charge in [-0.3, -0.25) is 9.80 Å². The quantitative estimate of drug-likeness (QED) is 0.787. The van der Waals surface area contributed by atoms with Gasteiger partial charge >= 0.3 is 0 Å². The lowest BCUT2D eigenvalue weighted by molar-refractivity contribution is 0.120. The van der Waals surface area contributed by atoms with Gasteiger partial charge in [-0.2, -0.15) is 0 Å². The second kappa shape index (κ2) is 6.74. The van der Waals surface area contributed by atoms with E-state index in [0.29, 0.717) is 0 Å². The van der Waals surface area contributed by atoms with E-state index >= 15 is 0 Å². The minimum atomic E-state index is 0.833. The van der Waals surface area contributed by atoms with Crippen molar-refractivity contribution in [2.45, 2.75) is 19.5 Å². The minimum absolute atomic E-state index is 0.833. The number of imidazole rings is 1. The number of hydrogen-bond donors (Lipinski definition) is 1. The van der Waals surface area contributed by atoms with Crippen LogP contribution in [0.3, 0.4) is 0 Å². The van der Waals surface area contributed by atoms with E-state index in [4.69, 9.17) is 9.72 Å². The van der Waals surface area contributed by atoms with Crippen LogP contribution in [0.5, 0.6) is 5.75 Å². The topological polar surface area (TPSA) is 44.4 Å². The number of hydrogen-bond acceptors (Lipinski definition) is 4. The van der Waals surface area contributed by atoms with Crippen molar-refractivity contribution in [1.29, 1.82) is 0 Å². The lowest BCUT2D eigenvalue weighted by atomic mass is 10.1. The molecule has 2 aromatic carbocycles. The molecule has 5 nitrogen and oxygen atoms in total. The Morgan fingerprint density at radius 1 is 0.962 bits per heavy atom. The normalized spacial score (nSPS) is 18.2. The summed E-state index contributed by atoms with van der Waals surface area (Å²) < 4.78 is 5.61. The van der Waals surface area contributed by atoms with E-state index in [-0.39, 0.29) is 0 Å². The number of aromatic nitrogens is 2. The molecule has 2 aliphatic rings. The number of para-hydroxylation sites is 2. The molecule has 134 valence electrons. The third-order valence-corrected chi connectivity index (χ3v) is 5.44. The van der Waals surface area contributed by atoms with Crippen molar-refractivity contribution in [3.63, 3.8) is 0 Å². The van der Waals surface area contributed by atoms with Crippen molar-refractivity contribution in [2.24, 2.45) is 0 Å². The van der Waals surface area contributed by atoms with E-state index in [0.717, 1.165) is 74.9 Å². The maximum Gasteiger partial charge on any atom is 0.122 e. The fourth-order valence-corrected chi connectivity index (χ4v) is 3.99. The number of nitrogens with one attached hydrogen (secondary N) is 1. The van der Waals surface area contributed by atoms with Crippen LogP contribution in [0.2, 0.25) is 0 Å². The molecule has 26 heavy (non-hydrogen) atoms. The monoisotopic (exact) mass is 348 g/mol. The first-order chi connectivity index (χ1) is 12.8. The highest BCUT2D eigenvalue weighted by atomic mass is 16.5. The summed E-state index contributed by atoms with van der Waals surface area (Å²) >= 11 is 0. The van der Waals surface area contributed by atoms with Crippen LogP contribution in [0, 0.1) is 0 Å². The predicted octanol–water partition coefficient (Wildman–Crippen LogP) is 2.82. The maximum atomic E-state index is 5.61. The van der Waals surface area contributed by atoms with Gasteiger partial charge in [0, 0.05) is 39.1 Å². The molecule has 0 atom stereocenters. The molecule has 0 bridgehead atoms. The van der Waals surface area contributed by atoms with Crippen molar-refractivity contribution >= 4 is 11.0 Å². The van der Waals surface area contributed by atoms with Crippen molar-refractivity contribution in [3.8, 4) is 5.75 Å². The predicted molar refractivity (Wildman–Crippen MR) is 102 cm³/mol. The van der Waals surface area contributed by atoms with Gasteiger partial charge in [0.05, 0.1) is 24.2 Å². The van der Waals surface area contributed by atoms with Crippen molar-refractivity contribution in [2.75, 3.05) is 32.8 Å². The molecule has 5 heteroatoms. The first-order valence-electron chi connectivity index (χ1n) is 9.46. The number of nitrogens with zero attached hydrogens (tertiary/aromatic N) is 3. The zero-order chi connectivity index (χ0) is 17.3. The molecule has 0 spiro atoms. The molecule has 2 aliphatic heterocycles. The van der Waals surface area contributed by atoms with Gasteiger partial charge in [-0.25, -0.2) is 4.98 Å². The first kappa shape index (κ1) is 15.9. The Bertz CT molecular complexity index is 878. The number of fused-ring (bicyclic) bond motifs is 2. The summed E-state index contributed by atoms with van der Waals surface area (Å²) in [7, 11) is 0. The van der Waals surface area contributed by atoms with E-state index in [1.165, 1.54) is 11.1 Å². The Hall–Kier alpha value is -2.37. The average molecular weight is 348 g/mol. The van der Waals surface area contributed by atoms with Gasteiger partial charge in [0.2, 0.25) is 0 Å². The summed E-state index contributed by atoms with van der Waals surface area (Å²) in [4.78, 5) is 13.2. The van der Waals surface area contributed by atoms with Crippen molar-refractivity contribution in [3.05, 3.63) is 59.4 Å². The Morgan fingerprint density at radius 2 is 1.77 bits per heavy atom. The van der Waals surface area contributed by atoms with Crippen LogP contribution in [-0.4, -0.2) is 52.6 Å². The Balaban J connectivity index is 1.17. The summed E-state index contributed by atoms with van der Waals surface area (Å²) in [5.41, 5.74) is 4.95. The summed E-state index contributed by atoms with van der Waals surface area (Å²) in [6.07, 6.45) is 1.05. The number of aromatic amines is 1. The van der Waals surface area contributed by atoms with Crippen LogP contribution in [0.15, 0.2) is 42.5 Å². The molecule has 0 unspecified atom stereocenters. The van der Waals surface area contributed by atoms with Crippen LogP contribution in [-0.2, 0) is 19.5 Å². The molecular formula is C21H24N4O. The molecule has 5 rings (SSSR count). The second-order valence-electron chi connectivity index (χ2n) is 7.29. The van der Waals surface area contributed by atoms with Crippen molar-refractivity contribution in [1.82, 2.24) is 19.8 Å². The fraction of sp³-hybridized carbons (Fsp3) is 0.381. The molecule has 0 radical (unpaired) electrons. The molecule has 0 saturated carbocycles. The highest BCUT2D eigenvalue weighted by Crippen LogP contribution is 2.26. The molecule has 0 amide bonds. The van der Waals surface area contributed by atoms with Crippen LogP contribution < -0.4 is 4.74 Å². The van der Waals surface area contributed by atoms with Crippen LogP contribution >= 0.6 is 0 Å². The number of H-pyrrole nitrogens is 1. The van der Waals surface area contributed by atoms with Gasteiger partial charge in [-0.1, -0.05) is 24.3 Å². The van der Waals surface area contributed by atoms with E-state index in [1.54, 1.807) is 0 Å². The number of rotatable bonds is 4. The largest absolute Gasteiger partial charge is 0.493 e. The Morgan fingerprint density at radius 3 is 2.62 bits per heavy atom. The smallest absolute Gasteiger partial charge is 0.122 e. The molecule has 1 saturated heterocycles. The van der Waals surface area contributed by atoms with E-state index in [9.17, 15) is 0 Å². The van der Waals surface area contributed by atoms with Crippen LogP contribution in [0.1, 0.15) is 17.0 Å². The molecule has 0 aliphatic carbocycles. The molecule has 3 heterocycles. The highest BCUT2D eigenvalue weighted by Gasteiger charge is 2.19. The Labute approximate surface area is 153 Å². The zero-order valence-corrected chi connectivity index (χ0v) is 14.9. The maximum absolute atomic E-state index is 5.61. The SMILES string of the molecule is c1ccc2[nH]c(CN3CCN(Cc4ccc5c(c4)CCO5)CC3)nc2c1. The molecular weight excluding hydrogens is 324 g/mol.